The molecule has 132 valence electrons. The fourth-order valence-corrected chi connectivity index (χ4v) is 2.92. The number of hydrogen-bond donors (Lipinski definition) is 1. The van der Waals surface area contributed by atoms with Gasteiger partial charge < -0.3 is 4.42 Å². The maximum atomic E-state index is 12.9. The molecule has 1 saturated heterocycles. The molecule has 1 N–H and O–H groups in total. The highest BCUT2D eigenvalue weighted by atomic mass is 16.3. The molecule has 0 unspecified atom stereocenters. The molecule has 0 radical (unpaired) electrons. The Morgan fingerprint density at radius 3 is 2.56 bits per heavy atom. The minimum atomic E-state index is -0.770. The largest absolute Gasteiger partial charge is 0.465 e. The van der Waals surface area contributed by atoms with Crippen LogP contribution in [0, 0.1) is 0 Å². The van der Waals surface area contributed by atoms with Crippen LogP contribution < -0.4 is 10.2 Å². The van der Waals surface area contributed by atoms with E-state index in [2.05, 4.69) is 5.32 Å². The summed E-state index contributed by atoms with van der Waals surface area (Å²) in [5.41, 5.74) is 0.286. The maximum Gasteiger partial charge on any atom is 0.335 e. The van der Waals surface area contributed by atoms with Crippen molar-refractivity contribution in [3.8, 4) is 0 Å². The number of fused-ring (bicyclic) bond motifs is 1. The first-order valence-corrected chi connectivity index (χ1v) is 8.24. The number of allylic oxidation sites excluding steroid dienone is 2. The van der Waals surface area contributed by atoms with Gasteiger partial charge in [0.15, 0.2) is 0 Å². The van der Waals surface area contributed by atoms with Crippen LogP contribution in [0.1, 0.15) is 5.76 Å². The minimum absolute atomic E-state index is 0.134. The quantitative estimate of drug-likeness (QED) is 0.572. The number of nitrogens with zero attached hydrogens (tertiary/aromatic N) is 1. The normalized spacial score (nSPS) is 16.5. The summed E-state index contributed by atoms with van der Waals surface area (Å²) >= 11 is 0. The Hall–Kier alpha value is -3.93. The predicted octanol–water partition coefficient (Wildman–Crippen LogP) is 3.66. The summed E-state index contributed by atoms with van der Waals surface area (Å²) in [7, 11) is 0. The molecule has 0 spiro atoms. The van der Waals surface area contributed by atoms with Gasteiger partial charge in [-0.25, -0.2) is 9.69 Å². The van der Waals surface area contributed by atoms with Crippen LogP contribution in [0.5, 0.6) is 0 Å². The summed E-state index contributed by atoms with van der Waals surface area (Å²) in [5, 5.41) is 3.84. The molecule has 0 bridgehead atoms. The summed E-state index contributed by atoms with van der Waals surface area (Å²) in [6, 6.07) is 15.4. The van der Waals surface area contributed by atoms with Crippen LogP contribution in [0.3, 0.4) is 0 Å². The van der Waals surface area contributed by atoms with E-state index < -0.39 is 17.8 Å². The van der Waals surface area contributed by atoms with Gasteiger partial charge in [0.2, 0.25) is 0 Å². The van der Waals surface area contributed by atoms with Crippen LogP contribution in [-0.2, 0) is 9.59 Å². The Bertz CT molecular complexity index is 1100. The van der Waals surface area contributed by atoms with Crippen LogP contribution in [0.15, 0.2) is 83.0 Å². The lowest BCUT2D eigenvalue weighted by atomic mass is 10.1. The SMILES string of the molecule is O=C1NC(=O)N(c2cccc3ccccc23)C(=O)/C1=C/C=C/c1ccco1. The van der Waals surface area contributed by atoms with E-state index >= 15 is 0 Å². The van der Waals surface area contributed by atoms with Gasteiger partial charge >= 0.3 is 6.03 Å². The van der Waals surface area contributed by atoms with Gasteiger partial charge in [-0.3, -0.25) is 14.9 Å². The Balaban J connectivity index is 1.74. The molecule has 1 aromatic heterocycles. The van der Waals surface area contributed by atoms with Crippen LogP contribution in [0.25, 0.3) is 16.8 Å². The van der Waals surface area contributed by atoms with Crippen molar-refractivity contribution in [2.45, 2.75) is 0 Å². The topological polar surface area (TPSA) is 79.6 Å². The fourth-order valence-electron chi connectivity index (χ4n) is 2.92. The molecule has 3 aromatic rings. The molecule has 27 heavy (non-hydrogen) atoms. The van der Waals surface area contributed by atoms with Crippen LogP contribution >= 0.6 is 0 Å². The van der Waals surface area contributed by atoms with E-state index in [4.69, 9.17) is 4.42 Å². The number of rotatable bonds is 3. The highest BCUT2D eigenvalue weighted by Gasteiger charge is 2.37. The van der Waals surface area contributed by atoms with Crippen LogP contribution in [0.2, 0.25) is 0 Å². The first-order chi connectivity index (χ1) is 13.1. The fraction of sp³-hybridized carbons (Fsp3) is 0. The number of urea groups is 1. The van der Waals surface area contributed by atoms with Crippen molar-refractivity contribution < 1.29 is 18.8 Å². The Morgan fingerprint density at radius 1 is 0.926 bits per heavy atom. The van der Waals surface area contributed by atoms with E-state index in [0.717, 1.165) is 15.7 Å². The third-order valence-corrected chi connectivity index (χ3v) is 4.18. The molecule has 6 heteroatoms. The van der Waals surface area contributed by atoms with Crippen molar-refractivity contribution >= 4 is 40.4 Å². The summed E-state index contributed by atoms with van der Waals surface area (Å²) in [6.07, 6.45) is 6.03. The second kappa shape index (κ2) is 6.76. The lowest BCUT2D eigenvalue weighted by Gasteiger charge is -2.27. The van der Waals surface area contributed by atoms with Gasteiger partial charge in [-0.05, 0) is 35.7 Å². The highest BCUT2D eigenvalue weighted by Crippen LogP contribution is 2.29. The Kier molecular flexibility index (Phi) is 4.14. The highest BCUT2D eigenvalue weighted by molar-refractivity contribution is 6.38. The van der Waals surface area contributed by atoms with Gasteiger partial charge in [0.25, 0.3) is 11.8 Å². The first-order valence-electron chi connectivity index (χ1n) is 8.24. The van der Waals surface area contributed by atoms with E-state index in [1.54, 1.807) is 30.3 Å². The molecule has 4 rings (SSSR count). The third kappa shape index (κ3) is 3.04. The molecular formula is C21H14N2O4. The zero-order valence-corrected chi connectivity index (χ0v) is 14.1. The molecule has 4 amide bonds. The molecule has 1 fully saturated rings. The monoisotopic (exact) mass is 358 g/mol. The number of carbonyl (C=O) groups excluding carboxylic acids is 3. The zero-order valence-electron chi connectivity index (χ0n) is 14.1. The number of imide groups is 2. The van der Waals surface area contributed by atoms with E-state index in [0.29, 0.717) is 11.4 Å². The smallest absolute Gasteiger partial charge is 0.335 e. The maximum absolute atomic E-state index is 12.9. The summed E-state index contributed by atoms with van der Waals surface area (Å²) < 4.78 is 5.17. The van der Waals surface area contributed by atoms with E-state index in [1.807, 2.05) is 30.3 Å². The van der Waals surface area contributed by atoms with Gasteiger partial charge in [0, 0.05) is 5.39 Å². The number of furan rings is 1. The van der Waals surface area contributed by atoms with Crippen LogP contribution in [-0.4, -0.2) is 17.8 Å². The number of carbonyl (C=O) groups is 3. The van der Waals surface area contributed by atoms with Crippen LogP contribution in [0.4, 0.5) is 10.5 Å². The average Bonchev–Trinajstić information content (AvgIpc) is 3.18. The van der Waals surface area contributed by atoms with Gasteiger partial charge in [-0.2, -0.15) is 0 Å². The van der Waals surface area contributed by atoms with Crippen molar-refractivity contribution in [3.63, 3.8) is 0 Å². The van der Waals surface area contributed by atoms with Crippen molar-refractivity contribution in [3.05, 3.63) is 84.3 Å². The summed E-state index contributed by atoms with van der Waals surface area (Å²) in [5.74, 6) is -0.827. The molecule has 1 aliphatic heterocycles. The number of benzene rings is 2. The molecule has 2 aromatic carbocycles. The molecule has 1 aliphatic rings. The van der Waals surface area contributed by atoms with Crippen molar-refractivity contribution in [2.24, 2.45) is 0 Å². The standard InChI is InChI=1S/C21H14N2O4/c24-19-17(11-4-8-15-9-5-13-27-15)20(25)23(21(26)22-19)18-12-3-7-14-6-1-2-10-16(14)18/h1-13H,(H,22,24,26)/b8-4+,17-11+. The number of nitrogens with one attached hydrogen (secondary N) is 1. The Morgan fingerprint density at radius 2 is 1.74 bits per heavy atom. The van der Waals surface area contributed by atoms with Gasteiger partial charge in [0.05, 0.1) is 12.0 Å². The lowest BCUT2D eigenvalue weighted by Crippen LogP contribution is -2.54. The van der Waals surface area contributed by atoms with Gasteiger partial charge in [-0.15, -0.1) is 0 Å². The second-order valence-corrected chi connectivity index (χ2v) is 5.85. The van der Waals surface area contributed by atoms with Gasteiger partial charge in [0.1, 0.15) is 11.3 Å². The number of anilines is 1. The first kappa shape index (κ1) is 16.5. The molecule has 0 atom stereocenters. The molecule has 2 heterocycles. The number of hydrogen-bond acceptors (Lipinski definition) is 4. The third-order valence-electron chi connectivity index (χ3n) is 4.18. The Labute approximate surface area is 154 Å². The number of barbiturate groups is 1. The van der Waals surface area contributed by atoms with Crippen molar-refractivity contribution in [1.29, 1.82) is 0 Å². The summed E-state index contributed by atoms with van der Waals surface area (Å²) in [4.78, 5) is 38.4. The van der Waals surface area contributed by atoms with E-state index in [1.165, 1.54) is 18.4 Å². The minimum Gasteiger partial charge on any atom is -0.465 e. The van der Waals surface area contributed by atoms with E-state index in [-0.39, 0.29) is 5.57 Å². The van der Waals surface area contributed by atoms with Crippen molar-refractivity contribution in [2.75, 3.05) is 4.90 Å². The second-order valence-electron chi connectivity index (χ2n) is 5.85. The zero-order chi connectivity index (χ0) is 18.8. The average molecular weight is 358 g/mol. The summed E-state index contributed by atoms with van der Waals surface area (Å²) in [6.45, 7) is 0. The van der Waals surface area contributed by atoms with E-state index in [9.17, 15) is 14.4 Å². The van der Waals surface area contributed by atoms with Crippen molar-refractivity contribution in [1.82, 2.24) is 5.32 Å². The molecular weight excluding hydrogens is 344 g/mol. The van der Waals surface area contributed by atoms with Gasteiger partial charge in [-0.1, -0.05) is 42.5 Å². The number of amides is 4. The predicted molar refractivity (Wildman–Crippen MR) is 101 cm³/mol. The molecule has 6 nitrogen and oxygen atoms in total. The molecule has 0 saturated carbocycles. The lowest BCUT2D eigenvalue weighted by molar-refractivity contribution is -0.122. The molecule has 0 aliphatic carbocycles.